The zero-order valence-electron chi connectivity index (χ0n) is 20.7. The average Bonchev–Trinajstić information content (AvgIpc) is 2.87. The molecule has 3 aromatic rings. The summed E-state index contributed by atoms with van der Waals surface area (Å²) in [6.45, 7) is 1.83. The van der Waals surface area contributed by atoms with Crippen LogP contribution < -0.4 is 20.4 Å². The van der Waals surface area contributed by atoms with Gasteiger partial charge in [0.15, 0.2) is 0 Å². The number of alkyl halides is 3. The summed E-state index contributed by atoms with van der Waals surface area (Å²) in [5.74, 6) is -0.106. The van der Waals surface area contributed by atoms with Crippen molar-refractivity contribution in [2.24, 2.45) is 0 Å². The highest BCUT2D eigenvalue weighted by atomic mass is 35.5. The summed E-state index contributed by atoms with van der Waals surface area (Å²) in [6, 6.07) is 11.5. The van der Waals surface area contributed by atoms with E-state index in [0.717, 1.165) is 43.4 Å². The third-order valence-corrected chi connectivity index (χ3v) is 7.55. The van der Waals surface area contributed by atoms with Gasteiger partial charge >= 0.3 is 6.18 Å². The number of fused-ring (bicyclic) bond motifs is 2. The van der Waals surface area contributed by atoms with Crippen LogP contribution in [0, 0.1) is 0 Å². The van der Waals surface area contributed by atoms with E-state index in [4.69, 9.17) is 11.6 Å². The van der Waals surface area contributed by atoms with Crippen LogP contribution in [0.4, 0.5) is 30.2 Å². The number of carbonyl (C=O) groups is 1. The molecule has 1 amide bonds. The van der Waals surface area contributed by atoms with E-state index in [9.17, 15) is 18.0 Å². The van der Waals surface area contributed by atoms with Crippen LogP contribution in [0.25, 0.3) is 10.9 Å². The first kappa shape index (κ1) is 25.4. The molecule has 0 spiro atoms. The second kappa shape index (κ2) is 9.93. The van der Waals surface area contributed by atoms with Crippen molar-refractivity contribution in [2.75, 3.05) is 42.3 Å². The lowest BCUT2D eigenvalue weighted by molar-refractivity contribution is -0.140. The summed E-state index contributed by atoms with van der Waals surface area (Å²) in [7, 11) is 4.07. The number of nitrogens with zero attached hydrogens (tertiary/aromatic N) is 3. The predicted octanol–water partition coefficient (Wildman–Crippen LogP) is 5.95. The van der Waals surface area contributed by atoms with E-state index >= 15 is 0 Å². The van der Waals surface area contributed by atoms with Gasteiger partial charge in [-0.05, 0) is 68.1 Å². The summed E-state index contributed by atoms with van der Waals surface area (Å²) >= 11 is 6.11. The molecule has 5 rings (SSSR count). The molecule has 0 atom stereocenters. The molecule has 2 aliphatic rings. The van der Waals surface area contributed by atoms with Crippen LogP contribution >= 0.6 is 11.6 Å². The second-order valence-electron chi connectivity index (χ2n) is 9.93. The summed E-state index contributed by atoms with van der Waals surface area (Å²) in [4.78, 5) is 21.1. The second-order valence-corrected chi connectivity index (χ2v) is 10.4. The molecule has 1 aliphatic carbocycles. The van der Waals surface area contributed by atoms with E-state index in [1.54, 1.807) is 6.07 Å². The van der Waals surface area contributed by atoms with Gasteiger partial charge in [-0.3, -0.25) is 4.79 Å². The van der Waals surface area contributed by atoms with Gasteiger partial charge < -0.3 is 20.4 Å². The SMILES string of the molecule is CN1CCN(C)c2cc(C(=O)NC3CCC(Nc4cc(C(F)(F)F)nc5ccc(Cl)cc45)CC3)ccc21. The molecular weight excluding hydrogens is 503 g/mol. The molecule has 2 N–H and O–H groups in total. The fraction of sp³-hybridized carbons (Fsp3) is 0.407. The molecule has 2 aromatic carbocycles. The first-order valence-electron chi connectivity index (χ1n) is 12.4. The molecule has 6 nitrogen and oxygen atoms in total. The number of hydrogen-bond donors (Lipinski definition) is 2. The number of likely N-dealkylation sites (N-methyl/N-ethyl adjacent to an activating group) is 2. The van der Waals surface area contributed by atoms with Crippen LogP contribution in [0.15, 0.2) is 42.5 Å². The van der Waals surface area contributed by atoms with Crippen molar-refractivity contribution >= 4 is 45.5 Å². The number of anilines is 3. The Hall–Kier alpha value is -3.20. The quantitative estimate of drug-likeness (QED) is 0.436. The Kier molecular flexibility index (Phi) is 6.83. The Morgan fingerprint density at radius 3 is 2.32 bits per heavy atom. The number of halogens is 4. The van der Waals surface area contributed by atoms with Crippen LogP contribution in [0.1, 0.15) is 41.7 Å². The molecule has 37 heavy (non-hydrogen) atoms. The maximum Gasteiger partial charge on any atom is 0.433 e. The number of benzene rings is 2. The van der Waals surface area contributed by atoms with Gasteiger partial charge in [0.25, 0.3) is 5.91 Å². The molecule has 1 aromatic heterocycles. The van der Waals surface area contributed by atoms with Gasteiger partial charge in [-0.25, -0.2) is 4.98 Å². The van der Waals surface area contributed by atoms with E-state index < -0.39 is 11.9 Å². The third-order valence-electron chi connectivity index (χ3n) is 7.31. The van der Waals surface area contributed by atoms with Crippen LogP contribution in [0.5, 0.6) is 0 Å². The highest BCUT2D eigenvalue weighted by Crippen LogP contribution is 2.36. The first-order valence-corrected chi connectivity index (χ1v) is 12.8. The van der Waals surface area contributed by atoms with Crippen molar-refractivity contribution in [3.8, 4) is 0 Å². The largest absolute Gasteiger partial charge is 0.433 e. The highest BCUT2D eigenvalue weighted by Gasteiger charge is 2.34. The minimum Gasteiger partial charge on any atom is -0.382 e. The minimum absolute atomic E-state index is 0.0105. The average molecular weight is 532 g/mol. The Morgan fingerprint density at radius 2 is 1.62 bits per heavy atom. The molecule has 1 aliphatic heterocycles. The van der Waals surface area contributed by atoms with Gasteiger partial charge in [-0.2, -0.15) is 13.2 Å². The molecule has 0 saturated heterocycles. The molecule has 10 heteroatoms. The lowest BCUT2D eigenvalue weighted by Crippen LogP contribution is -2.40. The van der Waals surface area contributed by atoms with Crippen LogP contribution in [0.3, 0.4) is 0 Å². The minimum atomic E-state index is -4.55. The maximum atomic E-state index is 13.4. The standard InChI is InChI=1S/C27H29ClF3N5O/c1-35-11-12-36(2)24-13-16(3-10-23(24)35)26(37)33-19-7-5-18(6-8-19)32-22-15-25(27(29,30)31)34-21-9-4-17(28)14-20(21)22/h3-4,9-10,13-15,18-19H,5-8,11-12H2,1-2H3,(H,32,34)(H,33,37). The molecule has 0 radical (unpaired) electrons. The summed E-state index contributed by atoms with van der Waals surface area (Å²) < 4.78 is 40.3. The molecular formula is C27H29ClF3N5O. The fourth-order valence-corrected chi connectivity index (χ4v) is 5.34. The molecule has 2 heterocycles. The van der Waals surface area contributed by atoms with Gasteiger partial charge in [0.1, 0.15) is 5.69 Å². The Bertz CT molecular complexity index is 1320. The van der Waals surface area contributed by atoms with E-state index in [1.165, 1.54) is 12.1 Å². The van der Waals surface area contributed by atoms with Crippen molar-refractivity contribution < 1.29 is 18.0 Å². The topological polar surface area (TPSA) is 60.5 Å². The fourth-order valence-electron chi connectivity index (χ4n) is 5.17. The Balaban J connectivity index is 1.24. The maximum absolute atomic E-state index is 13.4. The van der Waals surface area contributed by atoms with Crippen molar-refractivity contribution in [1.29, 1.82) is 0 Å². The van der Waals surface area contributed by atoms with Crippen LogP contribution in [-0.2, 0) is 6.18 Å². The predicted molar refractivity (Wildman–Crippen MR) is 142 cm³/mol. The monoisotopic (exact) mass is 531 g/mol. The molecule has 0 unspecified atom stereocenters. The van der Waals surface area contributed by atoms with Crippen molar-refractivity contribution in [1.82, 2.24) is 10.3 Å². The number of pyridine rings is 1. The van der Waals surface area contributed by atoms with Gasteiger partial charge in [-0.1, -0.05) is 11.6 Å². The lowest BCUT2D eigenvalue weighted by Gasteiger charge is -2.35. The molecule has 1 saturated carbocycles. The van der Waals surface area contributed by atoms with Crippen LogP contribution in [0.2, 0.25) is 5.02 Å². The van der Waals surface area contributed by atoms with Gasteiger partial charge in [0.2, 0.25) is 0 Å². The normalized spacial score (nSPS) is 20.1. The summed E-state index contributed by atoms with van der Waals surface area (Å²) in [5.41, 5.74) is 2.45. The number of carbonyl (C=O) groups excluding carboxylic acids is 1. The number of aromatic nitrogens is 1. The Morgan fingerprint density at radius 1 is 0.946 bits per heavy atom. The van der Waals surface area contributed by atoms with Crippen molar-refractivity contribution in [3.63, 3.8) is 0 Å². The number of hydrogen-bond acceptors (Lipinski definition) is 5. The summed E-state index contributed by atoms with van der Waals surface area (Å²) in [6.07, 6.45) is -1.66. The van der Waals surface area contributed by atoms with Crippen LogP contribution in [-0.4, -0.2) is 50.2 Å². The van der Waals surface area contributed by atoms with Gasteiger partial charge in [-0.15, -0.1) is 0 Å². The number of nitrogens with one attached hydrogen (secondary N) is 2. The van der Waals surface area contributed by atoms with Crippen molar-refractivity contribution in [3.05, 3.63) is 58.7 Å². The highest BCUT2D eigenvalue weighted by molar-refractivity contribution is 6.31. The lowest BCUT2D eigenvalue weighted by atomic mass is 9.90. The molecule has 1 fully saturated rings. The smallest absolute Gasteiger partial charge is 0.382 e. The van der Waals surface area contributed by atoms with E-state index in [2.05, 4.69) is 25.4 Å². The van der Waals surface area contributed by atoms with E-state index in [-0.39, 0.29) is 23.5 Å². The van der Waals surface area contributed by atoms with E-state index in [0.29, 0.717) is 34.5 Å². The van der Waals surface area contributed by atoms with E-state index in [1.807, 2.05) is 32.3 Å². The molecule has 0 bridgehead atoms. The third kappa shape index (κ3) is 5.42. The Labute approximate surface area is 218 Å². The van der Waals surface area contributed by atoms with Gasteiger partial charge in [0.05, 0.1) is 16.9 Å². The zero-order chi connectivity index (χ0) is 26.3. The van der Waals surface area contributed by atoms with Gasteiger partial charge in [0, 0.05) is 60.9 Å². The number of rotatable bonds is 4. The summed E-state index contributed by atoms with van der Waals surface area (Å²) in [5, 5.41) is 7.42. The van der Waals surface area contributed by atoms with Crippen molar-refractivity contribution in [2.45, 2.75) is 43.9 Å². The zero-order valence-corrected chi connectivity index (χ0v) is 21.5. The first-order chi connectivity index (χ1) is 17.6. The number of amides is 1. The molecule has 196 valence electrons.